The highest BCUT2D eigenvalue weighted by Gasteiger charge is 2.32. The summed E-state index contributed by atoms with van der Waals surface area (Å²) in [5, 5.41) is 10.6. The molecule has 1 aromatic heterocycles. The Morgan fingerprint density at radius 1 is 0.724 bits per heavy atom. The first-order valence-electron chi connectivity index (χ1n) is 10.1. The Labute approximate surface area is 174 Å². The SMILES string of the molecule is Cc1ccc(-n2nnc([Si](C)(C)C)c2C(c2ccccc2)c2ccccc2)cc1. The molecule has 0 aliphatic rings. The summed E-state index contributed by atoms with van der Waals surface area (Å²) >= 11 is 0. The minimum atomic E-state index is -1.72. The van der Waals surface area contributed by atoms with Crippen molar-refractivity contribution in [2.75, 3.05) is 0 Å². The van der Waals surface area contributed by atoms with Gasteiger partial charge in [-0.15, -0.1) is 5.10 Å². The van der Waals surface area contributed by atoms with Gasteiger partial charge in [0.05, 0.1) is 22.6 Å². The fourth-order valence-corrected chi connectivity index (χ4v) is 5.12. The second-order valence-corrected chi connectivity index (χ2v) is 13.5. The van der Waals surface area contributed by atoms with Gasteiger partial charge in [-0.3, -0.25) is 0 Å². The predicted octanol–water partition coefficient (Wildman–Crippen LogP) is 5.30. The van der Waals surface area contributed by atoms with Crippen molar-refractivity contribution in [1.82, 2.24) is 15.0 Å². The molecule has 0 bridgehead atoms. The Hall–Kier alpha value is -2.98. The van der Waals surface area contributed by atoms with Crippen molar-refractivity contribution in [2.24, 2.45) is 0 Å². The molecule has 4 rings (SSSR count). The molecule has 3 nitrogen and oxygen atoms in total. The lowest BCUT2D eigenvalue weighted by molar-refractivity contribution is 0.747. The molecule has 0 unspecified atom stereocenters. The average molecular weight is 398 g/mol. The van der Waals surface area contributed by atoms with Crippen LogP contribution in [-0.2, 0) is 0 Å². The van der Waals surface area contributed by atoms with Gasteiger partial charge in [0.15, 0.2) is 0 Å². The maximum absolute atomic E-state index is 4.73. The van der Waals surface area contributed by atoms with Gasteiger partial charge >= 0.3 is 0 Å². The fourth-order valence-electron chi connectivity index (χ4n) is 3.76. The second-order valence-electron chi connectivity index (χ2n) is 8.58. The van der Waals surface area contributed by atoms with Crippen LogP contribution in [0.2, 0.25) is 19.6 Å². The summed E-state index contributed by atoms with van der Waals surface area (Å²) in [6.07, 6.45) is 0. The van der Waals surface area contributed by atoms with Crippen LogP contribution in [0, 0.1) is 6.92 Å². The number of aryl methyl sites for hydroxylation is 1. The maximum Gasteiger partial charge on any atom is 0.106 e. The highest BCUT2D eigenvalue weighted by molar-refractivity contribution is 6.88. The number of nitrogens with zero attached hydrogens (tertiary/aromatic N) is 3. The Kier molecular flexibility index (Phi) is 5.20. The molecule has 1 heterocycles. The van der Waals surface area contributed by atoms with E-state index in [4.69, 9.17) is 5.10 Å². The van der Waals surface area contributed by atoms with Crippen LogP contribution in [0.5, 0.6) is 0 Å². The average Bonchev–Trinajstić information content (AvgIpc) is 3.16. The minimum Gasteiger partial charge on any atom is -0.217 e. The van der Waals surface area contributed by atoms with Crippen molar-refractivity contribution in [2.45, 2.75) is 32.5 Å². The van der Waals surface area contributed by atoms with Crippen LogP contribution in [-0.4, -0.2) is 23.1 Å². The molecule has 4 heteroatoms. The van der Waals surface area contributed by atoms with E-state index in [1.54, 1.807) is 0 Å². The van der Waals surface area contributed by atoms with E-state index in [2.05, 4.69) is 121 Å². The van der Waals surface area contributed by atoms with E-state index >= 15 is 0 Å². The maximum atomic E-state index is 4.73. The molecule has 0 fully saturated rings. The first-order valence-corrected chi connectivity index (χ1v) is 13.6. The third-order valence-corrected chi connectivity index (χ3v) is 7.01. The fraction of sp³-hybridized carbons (Fsp3) is 0.200. The van der Waals surface area contributed by atoms with Crippen LogP contribution in [0.3, 0.4) is 0 Å². The zero-order valence-corrected chi connectivity index (χ0v) is 18.5. The van der Waals surface area contributed by atoms with Gasteiger partial charge in [-0.2, -0.15) is 0 Å². The lowest BCUT2D eigenvalue weighted by atomic mass is 9.88. The van der Waals surface area contributed by atoms with E-state index in [1.807, 2.05) is 0 Å². The van der Waals surface area contributed by atoms with Gasteiger partial charge < -0.3 is 0 Å². The van der Waals surface area contributed by atoms with E-state index in [1.165, 1.54) is 22.4 Å². The molecule has 0 N–H and O–H groups in total. The van der Waals surface area contributed by atoms with Gasteiger partial charge in [0.2, 0.25) is 0 Å². The van der Waals surface area contributed by atoms with Gasteiger partial charge in [0.25, 0.3) is 0 Å². The van der Waals surface area contributed by atoms with Gasteiger partial charge in [-0.05, 0) is 30.2 Å². The highest BCUT2D eigenvalue weighted by atomic mass is 28.3. The van der Waals surface area contributed by atoms with Gasteiger partial charge in [-0.25, -0.2) is 4.68 Å². The number of aromatic nitrogens is 3. The van der Waals surface area contributed by atoms with E-state index in [-0.39, 0.29) is 5.92 Å². The molecule has 0 atom stereocenters. The molecule has 0 amide bonds. The lowest BCUT2D eigenvalue weighted by Crippen LogP contribution is -2.42. The van der Waals surface area contributed by atoms with E-state index in [0.29, 0.717) is 0 Å². The molecule has 4 aromatic rings. The number of rotatable bonds is 5. The topological polar surface area (TPSA) is 30.7 Å². The summed E-state index contributed by atoms with van der Waals surface area (Å²) in [4.78, 5) is 0. The summed E-state index contributed by atoms with van der Waals surface area (Å²) in [6, 6.07) is 29.9. The predicted molar refractivity (Wildman–Crippen MR) is 123 cm³/mol. The van der Waals surface area contributed by atoms with Crippen molar-refractivity contribution in [3.05, 3.63) is 107 Å². The van der Waals surface area contributed by atoms with Crippen LogP contribution in [0.25, 0.3) is 5.69 Å². The Morgan fingerprint density at radius 2 is 1.24 bits per heavy atom. The van der Waals surface area contributed by atoms with E-state index in [0.717, 1.165) is 11.0 Å². The van der Waals surface area contributed by atoms with Crippen molar-refractivity contribution < 1.29 is 0 Å². The second kappa shape index (κ2) is 7.80. The Balaban J connectivity index is 2.01. The zero-order valence-electron chi connectivity index (χ0n) is 17.5. The van der Waals surface area contributed by atoms with E-state index < -0.39 is 8.07 Å². The van der Waals surface area contributed by atoms with Crippen LogP contribution >= 0.6 is 0 Å². The van der Waals surface area contributed by atoms with Crippen molar-refractivity contribution in [1.29, 1.82) is 0 Å². The van der Waals surface area contributed by atoms with Crippen molar-refractivity contribution in [3.63, 3.8) is 0 Å². The van der Waals surface area contributed by atoms with Crippen molar-refractivity contribution in [3.8, 4) is 5.69 Å². The van der Waals surface area contributed by atoms with Crippen molar-refractivity contribution >= 4 is 13.4 Å². The van der Waals surface area contributed by atoms with Crippen LogP contribution in [0.4, 0.5) is 0 Å². The normalized spacial score (nSPS) is 11.8. The lowest BCUT2D eigenvalue weighted by Gasteiger charge is -2.24. The monoisotopic (exact) mass is 397 g/mol. The van der Waals surface area contributed by atoms with Crippen LogP contribution in [0.1, 0.15) is 28.3 Å². The quantitative estimate of drug-likeness (QED) is 0.428. The summed E-state index contributed by atoms with van der Waals surface area (Å²) in [5.41, 5.74) is 6.00. The van der Waals surface area contributed by atoms with Crippen LogP contribution < -0.4 is 5.32 Å². The molecule has 3 aromatic carbocycles. The molecule has 0 saturated heterocycles. The molecule has 146 valence electrons. The standard InChI is InChI=1S/C25H27N3Si/c1-19-15-17-22(18-16-19)28-24(25(26-27-28)29(2,3)4)23(20-11-7-5-8-12-20)21-13-9-6-10-14-21/h5-18,23H,1-4H3. The smallest absolute Gasteiger partial charge is 0.106 e. The molecular formula is C25H27N3Si. The first-order chi connectivity index (χ1) is 13.9. The van der Waals surface area contributed by atoms with E-state index in [9.17, 15) is 0 Å². The summed E-state index contributed by atoms with van der Waals surface area (Å²) < 4.78 is 2.05. The van der Waals surface area contributed by atoms with Gasteiger partial charge in [0.1, 0.15) is 8.07 Å². The van der Waals surface area contributed by atoms with Gasteiger partial charge in [0, 0.05) is 0 Å². The first kappa shape index (κ1) is 19.3. The molecule has 29 heavy (non-hydrogen) atoms. The third-order valence-electron chi connectivity index (χ3n) is 5.23. The molecule has 0 spiro atoms. The summed E-state index contributed by atoms with van der Waals surface area (Å²) in [6.45, 7) is 9.13. The summed E-state index contributed by atoms with van der Waals surface area (Å²) in [5.74, 6) is 0.0791. The largest absolute Gasteiger partial charge is 0.217 e. The zero-order chi connectivity index (χ0) is 20.4. The molecule has 0 saturated carbocycles. The Morgan fingerprint density at radius 3 is 1.72 bits per heavy atom. The third kappa shape index (κ3) is 3.94. The Bertz CT molecular complexity index is 1040. The summed E-state index contributed by atoms with van der Waals surface area (Å²) in [7, 11) is -1.72. The van der Waals surface area contributed by atoms with Crippen LogP contribution in [0.15, 0.2) is 84.9 Å². The molecular weight excluding hydrogens is 370 g/mol. The molecule has 0 aliphatic heterocycles. The number of hydrogen-bond donors (Lipinski definition) is 0. The molecule has 0 radical (unpaired) electrons. The van der Waals surface area contributed by atoms with Gasteiger partial charge in [-0.1, -0.05) is 103 Å². The minimum absolute atomic E-state index is 0.0791. The number of benzene rings is 3. The molecule has 0 aliphatic carbocycles. The highest BCUT2D eigenvalue weighted by Crippen LogP contribution is 2.32. The number of hydrogen-bond acceptors (Lipinski definition) is 2.